The predicted molar refractivity (Wildman–Crippen MR) is 213 cm³/mol. The van der Waals surface area contributed by atoms with Crippen LogP contribution < -0.4 is 4.74 Å². The zero-order chi connectivity index (χ0) is 35.0. The number of aromatic nitrogens is 5. The topological polar surface area (TPSA) is 49.3 Å². The molecule has 1 aliphatic heterocycles. The third-order valence-corrected chi connectivity index (χ3v) is 11.4. The standard InChI is InChI=1S/C47H29N5O.Pd/c1-47(2)38-14-8-13-34-33-20-18-30(25-42(33)52(44(34)38)46-39(47)15-9-21-48-46)53-29-17-19-31-35-27-43-36(26-41(35)50-23-22-49-45(50)37(31)24-29)32-12-6-7-16-40(32)51(43)28-10-4-3-5-11-28;/h3-23,26-27H,1-2H3;/q-2;+2. The summed E-state index contributed by atoms with van der Waals surface area (Å²) < 4.78 is 13.4. The van der Waals surface area contributed by atoms with Crippen LogP contribution in [-0.4, -0.2) is 23.5 Å². The van der Waals surface area contributed by atoms with Gasteiger partial charge in [-0.3, -0.25) is 4.98 Å². The number of benzene rings is 6. The van der Waals surface area contributed by atoms with E-state index in [-0.39, 0.29) is 25.8 Å². The molecule has 0 N–H and O–H groups in total. The van der Waals surface area contributed by atoms with Gasteiger partial charge in [-0.25, -0.2) is 4.98 Å². The summed E-state index contributed by atoms with van der Waals surface area (Å²) in [4.78, 5) is 9.73. The molecule has 0 fully saturated rings. The SMILES string of the molecule is CC1(C)c2cccnc2-n2c3[c-]c(Oc4[c-]c5c(cc4)c4cc6c(cc4n4ccnc54)c4ccccc4n6-c4ccccc4)ccc3c3cccc1c32.[Pd+2]. The molecule has 0 amide bonds. The largest absolute Gasteiger partial charge is 2.00 e. The van der Waals surface area contributed by atoms with Crippen molar-refractivity contribution in [1.29, 1.82) is 0 Å². The van der Waals surface area contributed by atoms with E-state index in [1.807, 2.05) is 36.8 Å². The smallest absolute Gasteiger partial charge is 0.503 e. The molecule has 5 aromatic heterocycles. The minimum atomic E-state index is -0.181. The summed E-state index contributed by atoms with van der Waals surface area (Å²) in [7, 11) is 0. The molecule has 0 aliphatic carbocycles. The van der Waals surface area contributed by atoms with E-state index in [0.717, 1.165) is 55.2 Å². The predicted octanol–water partition coefficient (Wildman–Crippen LogP) is 11.3. The minimum absolute atomic E-state index is 0. The molecule has 0 atom stereocenters. The second-order valence-electron chi connectivity index (χ2n) is 14.5. The Hall–Kier alpha value is -6.26. The Labute approximate surface area is 323 Å². The maximum absolute atomic E-state index is 6.61. The molecule has 7 heteroatoms. The van der Waals surface area contributed by atoms with Crippen molar-refractivity contribution in [2.75, 3.05) is 0 Å². The van der Waals surface area contributed by atoms with Gasteiger partial charge >= 0.3 is 20.4 Å². The van der Waals surface area contributed by atoms with E-state index in [9.17, 15) is 0 Å². The van der Waals surface area contributed by atoms with Crippen LogP contribution in [0.3, 0.4) is 0 Å². The zero-order valence-corrected chi connectivity index (χ0v) is 30.8. The van der Waals surface area contributed by atoms with Gasteiger partial charge in [0, 0.05) is 68.6 Å². The Kier molecular flexibility index (Phi) is 6.45. The number of hydrogen-bond donors (Lipinski definition) is 0. The van der Waals surface area contributed by atoms with E-state index >= 15 is 0 Å². The minimum Gasteiger partial charge on any atom is -0.503 e. The maximum atomic E-state index is 6.61. The average molecular weight is 786 g/mol. The Balaban J connectivity index is 0.00000341. The van der Waals surface area contributed by atoms with Crippen molar-refractivity contribution >= 4 is 70.9 Å². The second kappa shape index (κ2) is 11.1. The molecular formula is C47H29N5OPd. The summed E-state index contributed by atoms with van der Waals surface area (Å²) in [6.07, 6.45) is 5.77. The normalized spacial score (nSPS) is 13.4. The van der Waals surface area contributed by atoms with E-state index in [0.29, 0.717) is 11.5 Å². The van der Waals surface area contributed by atoms with Gasteiger partial charge in [-0.1, -0.05) is 96.9 Å². The number of ether oxygens (including phenoxy) is 1. The van der Waals surface area contributed by atoms with Gasteiger partial charge in [0.2, 0.25) is 0 Å². The van der Waals surface area contributed by atoms with Gasteiger partial charge < -0.3 is 18.3 Å². The summed E-state index contributed by atoms with van der Waals surface area (Å²) in [6.45, 7) is 4.56. The fraction of sp³-hybridized carbons (Fsp3) is 0.0638. The first-order valence-electron chi connectivity index (χ1n) is 17.9. The number of fused-ring (bicyclic) bond motifs is 14. The van der Waals surface area contributed by atoms with Crippen LogP contribution in [0.4, 0.5) is 0 Å². The molecule has 0 saturated heterocycles. The van der Waals surface area contributed by atoms with Gasteiger partial charge in [0.25, 0.3) is 0 Å². The molecule has 0 radical (unpaired) electrons. The molecule has 11 aromatic rings. The first-order chi connectivity index (χ1) is 26.0. The van der Waals surface area contributed by atoms with Crippen molar-refractivity contribution in [3.05, 3.63) is 163 Å². The molecule has 0 unspecified atom stereocenters. The van der Waals surface area contributed by atoms with Crippen molar-refractivity contribution in [1.82, 2.24) is 23.5 Å². The fourth-order valence-electron chi connectivity index (χ4n) is 8.96. The van der Waals surface area contributed by atoms with E-state index in [2.05, 4.69) is 143 Å². The fourth-order valence-corrected chi connectivity index (χ4v) is 8.96. The zero-order valence-electron chi connectivity index (χ0n) is 29.2. The molecule has 6 heterocycles. The van der Waals surface area contributed by atoms with Crippen molar-refractivity contribution in [2.24, 2.45) is 0 Å². The van der Waals surface area contributed by atoms with E-state index < -0.39 is 0 Å². The summed E-state index contributed by atoms with van der Waals surface area (Å²) in [5.41, 5.74) is 9.81. The molecule has 6 nitrogen and oxygen atoms in total. The van der Waals surface area contributed by atoms with Crippen LogP contribution >= 0.6 is 0 Å². The van der Waals surface area contributed by atoms with Gasteiger partial charge in [0.05, 0.1) is 16.7 Å². The molecule has 54 heavy (non-hydrogen) atoms. The molecule has 6 aromatic carbocycles. The summed E-state index contributed by atoms with van der Waals surface area (Å²) in [5, 5.41) is 7.82. The van der Waals surface area contributed by atoms with Gasteiger partial charge in [-0.05, 0) is 52.7 Å². The molecule has 0 saturated carbocycles. The quantitative estimate of drug-likeness (QED) is 0.102. The summed E-state index contributed by atoms with van der Waals surface area (Å²) in [5.74, 6) is 2.16. The first kappa shape index (κ1) is 31.3. The number of para-hydroxylation sites is 3. The summed E-state index contributed by atoms with van der Waals surface area (Å²) in [6, 6.07) is 50.2. The number of rotatable bonds is 3. The maximum Gasteiger partial charge on any atom is 2.00 e. The number of imidazole rings is 1. The first-order valence-corrected chi connectivity index (χ1v) is 17.9. The monoisotopic (exact) mass is 785 g/mol. The molecular weight excluding hydrogens is 757 g/mol. The number of nitrogens with zero attached hydrogens (tertiary/aromatic N) is 5. The Morgan fingerprint density at radius 1 is 0.574 bits per heavy atom. The Morgan fingerprint density at radius 3 is 2.20 bits per heavy atom. The van der Waals surface area contributed by atoms with Crippen LogP contribution in [-0.2, 0) is 25.8 Å². The average Bonchev–Trinajstić information content (AvgIpc) is 3.90. The van der Waals surface area contributed by atoms with Crippen molar-refractivity contribution in [2.45, 2.75) is 19.3 Å². The van der Waals surface area contributed by atoms with Crippen LogP contribution in [0.25, 0.3) is 82.4 Å². The van der Waals surface area contributed by atoms with Crippen LogP contribution in [0.5, 0.6) is 11.5 Å². The second-order valence-corrected chi connectivity index (χ2v) is 14.5. The van der Waals surface area contributed by atoms with Crippen molar-refractivity contribution < 1.29 is 25.2 Å². The molecule has 0 bridgehead atoms. The van der Waals surface area contributed by atoms with Crippen molar-refractivity contribution in [3.63, 3.8) is 0 Å². The van der Waals surface area contributed by atoms with Crippen LogP contribution in [0.15, 0.2) is 140 Å². The van der Waals surface area contributed by atoms with Crippen LogP contribution in [0.1, 0.15) is 25.0 Å². The Morgan fingerprint density at radius 2 is 1.31 bits per heavy atom. The number of pyridine rings is 2. The van der Waals surface area contributed by atoms with E-state index in [1.165, 1.54) is 38.3 Å². The third kappa shape index (κ3) is 4.08. The van der Waals surface area contributed by atoms with Gasteiger partial charge in [-0.15, -0.1) is 29.7 Å². The van der Waals surface area contributed by atoms with Gasteiger partial charge in [0.1, 0.15) is 5.82 Å². The van der Waals surface area contributed by atoms with E-state index in [1.54, 1.807) is 0 Å². The van der Waals surface area contributed by atoms with E-state index in [4.69, 9.17) is 14.7 Å². The van der Waals surface area contributed by atoms with Crippen LogP contribution in [0, 0.1) is 12.1 Å². The van der Waals surface area contributed by atoms with Gasteiger partial charge in [-0.2, -0.15) is 6.07 Å². The van der Waals surface area contributed by atoms with Crippen molar-refractivity contribution in [3.8, 4) is 23.0 Å². The summed E-state index contributed by atoms with van der Waals surface area (Å²) >= 11 is 0. The van der Waals surface area contributed by atoms with Gasteiger partial charge in [0.15, 0.2) is 0 Å². The number of hydrogen-bond acceptors (Lipinski definition) is 3. The molecule has 258 valence electrons. The third-order valence-electron chi connectivity index (χ3n) is 11.4. The molecule has 0 spiro atoms. The van der Waals surface area contributed by atoms with Crippen LogP contribution in [0.2, 0.25) is 0 Å². The Bertz CT molecular complexity index is 3350. The molecule has 12 rings (SSSR count). The molecule has 1 aliphatic rings.